The number of pyridine rings is 1. The summed E-state index contributed by atoms with van der Waals surface area (Å²) >= 11 is 3.89. The summed E-state index contributed by atoms with van der Waals surface area (Å²) in [5.74, 6) is -2.38. The molecule has 0 aromatic carbocycles. The zero-order valence-electron chi connectivity index (χ0n) is 18.5. The van der Waals surface area contributed by atoms with Gasteiger partial charge in [-0.25, -0.2) is 4.98 Å². The molecule has 1 fully saturated rings. The third-order valence-corrected chi connectivity index (χ3v) is 8.02. The maximum absolute atomic E-state index is 12.9. The van der Waals surface area contributed by atoms with Gasteiger partial charge in [0.25, 0.3) is 11.8 Å². The van der Waals surface area contributed by atoms with E-state index in [1.807, 2.05) is 36.0 Å². The van der Waals surface area contributed by atoms with Crippen LogP contribution in [0.1, 0.15) is 5.69 Å². The summed E-state index contributed by atoms with van der Waals surface area (Å²) in [6, 6.07) is 4.80. The van der Waals surface area contributed by atoms with E-state index in [9.17, 15) is 19.5 Å². The minimum atomic E-state index is -1.46. The summed E-state index contributed by atoms with van der Waals surface area (Å²) < 4.78 is 1.93. The number of carboxylic acid groups (broad SMARTS) is 1. The van der Waals surface area contributed by atoms with Gasteiger partial charge >= 0.3 is 0 Å². The maximum atomic E-state index is 12.9. The van der Waals surface area contributed by atoms with Gasteiger partial charge in [-0.2, -0.15) is 4.57 Å². The van der Waals surface area contributed by atoms with Crippen molar-refractivity contribution in [2.75, 3.05) is 18.6 Å². The average molecular weight is 533 g/mol. The van der Waals surface area contributed by atoms with Crippen LogP contribution in [0, 0.1) is 0 Å². The highest BCUT2D eigenvalue weighted by molar-refractivity contribution is 8.02. The maximum Gasteiger partial charge on any atom is 0.276 e. The number of rotatable bonds is 8. The number of oxime groups is 1. The number of aromatic nitrogens is 2. The van der Waals surface area contributed by atoms with Crippen LogP contribution in [0.2, 0.25) is 0 Å². The minimum absolute atomic E-state index is 0.141. The minimum Gasteiger partial charge on any atom is -0.543 e. The SMILES string of the molecule is CON=C(C(=O)NC1C(=O)N2C(C(=O)[O-])=C(C=CSc3cccc[n+]3C)CS[C@H]12)c1csc(N)n1. The normalized spacial score (nSPS) is 20.0. The van der Waals surface area contributed by atoms with Gasteiger partial charge in [-0.3, -0.25) is 14.5 Å². The number of β-lactam (4-membered cyclic amide) rings is 1. The van der Waals surface area contributed by atoms with Gasteiger partial charge < -0.3 is 25.8 Å². The fourth-order valence-corrected chi connectivity index (χ4v) is 6.10. The quantitative estimate of drug-likeness (QED) is 0.152. The second kappa shape index (κ2) is 10.5. The van der Waals surface area contributed by atoms with Crippen LogP contribution in [0.5, 0.6) is 0 Å². The molecule has 2 aliphatic rings. The van der Waals surface area contributed by atoms with Gasteiger partial charge in [-0.15, -0.1) is 23.1 Å². The molecule has 1 unspecified atom stereocenters. The van der Waals surface area contributed by atoms with Gasteiger partial charge in [0.1, 0.15) is 31.3 Å². The number of fused-ring (bicyclic) bond motifs is 1. The molecule has 11 nitrogen and oxygen atoms in total. The number of hydrogen-bond donors (Lipinski definition) is 2. The van der Waals surface area contributed by atoms with Crippen LogP contribution in [-0.2, 0) is 26.3 Å². The van der Waals surface area contributed by atoms with Crippen molar-refractivity contribution in [3.05, 3.63) is 58.2 Å². The van der Waals surface area contributed by atoms with Crippen LogP contribution in [0.4, 0.5) is 5.13 Å². The summed E-state index contributed by atoms with van der Waals surface area (Å²) in [7, 11) is 3.18. The molecule has 2 aromatic heterocycles. The summed E-state index contributed by atoms with van der Waals surface area (Å²) in [4.78, 5) is 47.6. The Morgan fingerprint density at radius 1 is 1.46 bits per heavy atom. The first-order chi connectivity index (χ1) is 16.8. The van der Waals surface area contributed by atoms with E-state index in [1.165, 1.54) is 30.6 Å². The molecule has 2 aromatic rings. The van der Waals surface area contributed by atoms with E-state index >= 15 is 0 Å². The number of amides is 2. The molecule has 0 radical (unpaired) electrons. The number of carbonyl (C=O) groups excluding carboxylic acids is 3. The Hall–Kier alpha value is -3.36. The largest absolute Gasteiger partial charge is 0.543 e. The van der Waals surface area contributed by atoms with Crippen LogP contribution < -0.4 is 20.7 Å². The van der Waals surface area contributed by atoms with E-state index in [4.69, 9.17) is 10.6 Å². The number of nitrogens with two attached hydrogens (primary N) is 1. The lowest BCUT2D eigenvalue weighted by molar-refractivity contribution is -0.708. The average Bonchev–Trinajstić information content (AvgIpc) is 3.27. The highest BCUT2D eigenvalue weighted by Crippen LogP contribution is 2.40. The number of allylic oxidation sites excluding steroid dienone is 1. The second-order valence-electron chi connectivity index (χ2n) is 7.29. The molecule has 2 aliphatic heterocycles. The van der Waals surface area contributed by atoms with Crippen molar-refractivity contribution >= 4 is 63.5 Å². The number of nitrogens with one attached hydrogen (secondary N) is 1. The molecule has 0 spiro atoms. The third-order valence-electron chi connectivity index (χ3n) is 5.11. The van der Waals surface area contributed by atoms with Gasteiger partial charge in [0.2, 0.25) is 5.03 Å². The molecule has 0 bridgehead atoms. The highest BCUT2D eigenvalue weighted by Gasteiger charge is 2.53. The molecule has 2 atom stereocenters. The lowest BCUT2D eigenvalue weighted by Crippen LogP contribution is -2.71. The molecule has 3 N–H and O–H groups in total. The zero-order valence-corrected chi connectivity index (χ0v) is 21.0. The third kappa shape index (κ3) is 5.04. The van der Waals surface area contributed by atoms with Crippen LogP contribution in [0.3, 0.4) is 0 Å². The fraction of sp³-hybridized carbons (Fsp3) is 0.238. The Bertz CT molecular complexity index is 1270. The lowest BCUT2D eigenvalue weighted by Gasteiger charge is -2.50. The molecule has 4 heterocycles. The van der Waals surface area contributed by atoms with Crippen molar-refractivity contribution in [1.29, 1.82) is 0 Å². The number of carbonyl (C=O) groups is 3. The summed E-state index contributed by atoms with van der Waals surface area (Å²) in [5, 5.41) is 22.2. The molecule has 1 saturated heterocycles. The Kier molecular flexibility index (Phi) is 7.42. The number of carboxylic acids is 1. The van der Waals surface area contributed by atoms with E-state index in [2.05, 4.69) is 15.5 Å². The van der Waals surface area contributed by atoms with Crippen LogP contribution in [0.25, 0.3) is 0 Å². The standard InChI is InChI=1S/C21H20N6O5S3/c1-26-7-4-3-5-13(26)33-8-6-11-9-34-19-15(18(29)27(19)16(11)20(30)31)24-17(28)14(25-32-2)12-10-35-21(22)23-12/h3-8,10,15,19H,9H2,1-2H3,(H3-,22,23,24,28,30,31)/t15?,19-/m1/s1. The number of nitrogens with zero attached hydrogens (tertiary/aromatic N) is 4. The molecule has 4 rings (SSSR count). The number of thiazole rings is 1. The molecule has 0 aliphatic carbocycles. The van der Waals surface area contributed by atoms with Crippen molar-refractivity contribution in [2.24, 2.45) is 12.2 Å². The molecule has 14 heteroatoms. The van der Waals surface area contributed by atoms with E-state index in [1.54, 1.807) is 16.9 Å². The van der Waals surface area contributed by atoms with E-state index in [-0.39, 0.29) is 22.2 Å². The van der Waals surface area contributed by atoms with Gasteiger partial charge in [-0.05, 0) is 34.9 Å². The van der Waals surface area contributed by atoms with Crippen molar-refractivity contribution in [3.8, 4) is 0 Å². The predicted molar refractivity (Wildman–Crippen MR) is 130 cm³/mol. The van der Waals surface area contributed by atoms with E-state index in [0.717, 1.165) is 21.3 Å². The zero-order chi connectivity index (χ0) is 25.1. The molecule has 182 valence electrons. The van der Waals surface area contributed by atoms with Crippen molar-refractivity contribution in [2.45, 2.75) is 16.4 Å². The number of nitrogen functional groups attached to an aromatic ring is 1. The van der Waals surface area contributed by atoms with Crippen molar-refractivity contribution in [1.82, 2.24) is 15.2 Å². The van der Waals surface area contributed by atoms with Gasteiger partial charge in [0, 0.05) is 23.3 Å². The number of hydrogen-bond acceptors (Lipinski definition) is 11. The van der Waals surface area contributed by atoms with Crippen LogP contribution >= 0.6 is 34.9 Å². The van der Waals surface area contributed by atoms with Crippen molar-refractivity contribution in [3.63, 3.8) is 0 Å². The van der Waals surface area contributed by atoms with Crippen LogP contribution in [-0.4, -0.2) is 57.7 Å². The Morgan fingerprint density at radius 2 is 2.26 bits per heavy atom. The summed E-state index contributed by atoms with van der Waals surface area (Å²) in [6.45, 7) is 0. The number of aliphatic carboxylic acids is 1. The molecule has 2 amide bonds. The Morgan fingerprint density at radius 3 is 2.91 bits per heavy atom. The first-order valence-corrected chi connectivity index (χ1v) is 12.9. The van der Waals surface area contributed by atoms with Crippen LogP contribution in [0.15, 0.2) is 62.7 Å². The molecule has 35 heavy (non-hydrogen) atoms. The Balaban J connectivity index is 1.50. The smallest absolute Gasteiger partial charge is 0.276 e. The van der Waals surface area contributed by atoms with Gasteiger partial charge in [-0.1, -0.05) is 5.16 Å². The molecular formula is C21H20N6O5S3. The highest BCUT2D eigenvalue weighted by atomic mass is 32.2. The number of thioether (sulfide) groups is 2. The topological polar surface area (TPSA) is 154 Å². The molecular weight excluding hydrogens is 512 g/mol. The molecule has 0 saturated carbocycles. The predicted octanol–water partition coefficient (Wildman–Crippen LogP) is -0.390. The van der Waals surface area contributed by atoms with E-state index in [0.29, 0.717) is 11.3 Å². The number of aryl methyl sites for hydroxylation is 1. The van der Waals surface area contributed by atoms with Crippen molar-refractivity contribution < 1.29 is 28.9 Å². The first kappa shape index (κ1) is 24.8. The lowest BCUT2D eigenvalue weighted by atomic mass is 10.0. The summed E-state index contributed by atoms with van der Waals surface area (Å²) in [6.07, 6.45) is 3.57. The number of anilines is 1. The first-order valence-electron chi connectivity index (χ1n) is 10.1. The monoisotopic (exact) mass is 532 g/mol. The van der Waals surface area contributed by atoms with E-state index < -0.39 is 29.2 Å². The summed E-state index contributed by atoms with van der Waals surface area (Å²) in [5.41, 5.74) is 5.96. The second-order valence-corrected chi connectivity index (χ2v) is 10.2. The Labute approximate surface area is 212 Å². The van der Waals surface area contributed by atoms with Gasteiger partial charge in [0.15, 0.2) is 17.0 Å². The van der Waals surface area contributed by atoms with Gasteiger partial charge in [0.05, 0.1) is 11.7 Å². The fourth-order valence-electron chi connectivity index (χ4n) is 3.48.